The van der Waals surface area contributed by atoms with Crippen LogP contribution in [-0.2, 0) is 10.0 Å². The van der Waals surface area contributed by atoms with Crippen LogP contribution in [0.2, 0.25) is 5.02 Å². The molecule has 0 unspecified atom stereocenters. The number of carboxylic acids is 1. The number of aromatic carboxylic acids is 1. The Morgan fingerprint density at radius 3 is 2.59 bits per heavy atom. The first-order valence-electron chi connectivity index (χ1n) is 7.89. The van der Waals surface area contributed by atoms with Gasteiger partial charge in [-0.1, -0.05) is 17.7 Å². The second kappa shape index (κ2) is 6.78. The van der Waals surface area contributed by atoms with Crippen LogP contribution in [0.4, 0.5) is 5.69 Å². The number of nitrogens with zero attached hydrogens (tertiary/aromatic N) is 5. The molecular weight excluding hydrogens is 394 g/mol. The maximum absolute atomic E-state index is 13.3. The van der Waals surface area contributed by atoms with E-state index in [-0.39, 0.29) is 22.1 Å². The second-order valence-corrected chi connectivity index (χ2v) is 8.16. The summed E-state index contributed by atoms with van der Waals surface area (Å²) in [6, 6.07) is 5.17. The zero-order valence-electron chi connectivity index (χ0n) is 14.7. The molecule has 0 atom stereocenters. The van der Waals surface area contributed by atoms with Gasteiger partial charge in [0.1, 0.15) is 0 Å². The van der Waals surface area contributed by atoms with Gasteiger partial charge in [-0.2, -0.15) is 13.4 Å². The molecule has 9 nitrogen and oxygen atoms in total. The Kier molecular flexibility index (Phi) is 4.79. The lowest BCUT2D eigenvalue weighted by atomic mass is 10.1. The predicted molar refractivity (Wildman–Crippen MR) is 98.7 cm³/mol. The molecule has 0 aliphatic carbocycles. The van der Waals surface area contributed by atoms with Gasteiger partial charge in [-0.25, -0.2) is 14.3 Å². The summed E-state index contributed by atoms with van der Waals surface area (Å²) < 4.78 is 28.7. The van der Waals surface area contributed by atoms with E-state index in [0.717, 1.165) is 4.31 Å². The molecule has 3 rings (SSSR count). The van der Waals surface area contributed by atoms with Crippen LogP contribution in [0, 0.1) is 6.92 Å². The van der Waals surface area contributed by atoms with Crippen molar-refractivity contribution in [1.29, 1.82) is 0 Å². The molecule has 2 heterocycles. The Morgan fingerprint density at radius 1 is 1.26 bits per heavy atom. The van der Waals surface area contributed by atoms with Gasteiger partial charge < -0.3 is 5.11 Å². The molecule has 27 heavy (non-hydrogen) atoms. The Morgan fingerprint density at radius 2 is 1.96 bits per heavy atom. The quantitative estimate of drug-likeness (QED) is 0.687. The van der Waals surface area contributed by atoms with E-state index in [1.165, 1.54) is 22.7 Å². The molecule has 0 amide bonds. The molecule has 0 bridgehead atoms. The van der Waals surface area contributed by atoms with Gasteiger partial charge in [0.25, 0.3) is 10.9 Å². The lowest BCUT2D eigenvalue weighted by molar-refractivity contribution is 0.0697. The summed E-state index contributed by atoms with van der Waals surface area (Å²) in [6.07, 6.45) is 1.54. The van der Waals surface area contributed by atoms with Crippen LogP contribution in [0.5, 0.6) is 0 Å². The third-order valence-corrected chi connectivity index (χ3v) is 5.78. The average Bonchev–Trinajstić information content (AvgIpc) is 2.99. The van der Waals surface area contributed by atoms with Gasteiger partial charge in [0.2, 0.25) is 0 Å². The van der Waals surface area contributed by atoms with E-state index in [9.17, 15) is 18.3 Å². The van der Waals surface area contributed by atoms with E-state index in [2.05, 4.69) is 15.1 Å². The summed E-state index contributed by atoms with van der Waals surface area (Å²) in [7, 11) is -4.30. The number of hydrogen-bond donors (Lipinski definition) is 1. The van der Waals surface area contributed by atoms with Gasteiger partial charge in [-0.3, -0.25) is 4.31 Å². The van der Waals surface area contributed by atoms with Gasteiger partial charge in [0, 0.05) is 17.9 Å². The predicted octanol–water partition coefficient (Wildman–Crippen LogP) is 2.39. The zero-order chi connectivity index (χ0) is 19.9. The summed E-state index contributed by atoms with van der Waals surface area (Å²) in [6.45, 7) is 4.95. The Balaban J connectivity index is 2.24. The monoisotopic (exact) mass is 409 g/mol. The third-order valence-electron chi connectivity index (χ3n) is 3.72. The van der Waals surface area contributed by atoms with Crippen LogP contribution in [-0.4, -0.2) is 45.1 Å². The van der Waals surface area contributed by atoms with Crippen molar-refractivity contribution in [3.05, 3.63) is 46.7 Å². The highest BCUT2D eigenvalue weighted by atomic mass is 35.5. The van der Waals surface area contributed by atoms with Crippen LogP contribution < -0.4 is 4.31 Å². The molecule has 1 aromatic carbocycles. The first kappa shape index (κ1) is 19.1. The minimum absolute atomic E-state index is 0.00934. The summed E-state index contributed by atoms with van der Waals surface area (Å²) in [5.41, 5.74) is 0.279. The largest absolute Gasteiger partial charge is 0.478 e. The molecule has 3 aromatic rings. The highest BCUT2D eigenvalue weighted by Gasteiger charge is 2.35. The van der Waals surface area contributed by atoms with Crippen molar-refractivity contribution < 1.29 is 18.3 Å². The van der Waals surface area contributed by atoms with Gasteiger partial charge in [-0.05, 0) is 39.0 Å². The number of sulfonamides is 1. The van der Waals surface area contributed by atoms with Crippen molar-refractivity contribution >= 4 is 39.1 Å². The molecule has 1 N–H and O–H groups in total. The van der Waals surface area contributed by atoms with Crippen molar-refractivity contribution in [2.24, 2.45) is 0 Å². The number of halogens is 1. The lowest BCUT2D eigenvalue weighted by Gasteiger charge is -2.28. The molecule has 11 heteroatoms. The zero-order valence-corrected chi connectivity index (χ0v) is 16.2. The van der Waals surface area contributed by atoms with Crippen LogP contribution in [0.25, 0.3) is 5.78 Å². The van der Waals surface area contributed by atoms with Gasteiger partial charge in [-0.15, -0.1) is 5.10 Å². The molecule has 0 aliphatic heterocycles. The maximum atomic E-state index is 13.3. The number of benzene rings is 1. The van der Waals surface area contributed by atoms with Gasteiger partial charge in [0.05, 0.1) is 16.3 Å². The van der Waals surface area contributed by atoms with Crippen molar-refractivity contribution in [2.75, 3.05) is 4.31 Å². The fourth-order valence-corrected chi connectivity index (χ4v) is 4.48. The third kappa shape index (κ3) is 3.33. The highest BCUT2D eigenvalue weighted by Crippen LogP contribution is 2.35. The highest BCUT2D eigenvalue weighted by molar-refractivity contribution is 7.92. The van der Waals surface area contributed by atoms with Crippen LogP contribution in [0.15, 0.2) is 35.6 Å². The minimum Gasteiger partial charge on any atom is -0.478 e. The normalized spacial score (nSPS) is 11.9. The van der Waals surface area contributed by atoms with Crippen LogP contribution in [0.3, 0.4) is 0 Å². The fraction of sp³-hybridized carbons (Fsp3) is 0.250. The lowest BCUT2D eigenvalue weighted by Crippen LogP contribution is -2.39. The smallest absolute Gasteiger partial charge is 0.337 e. The van der Waals surface area contributed by atoms with E-state index in [1.807, 2.05) is 0 Å². The molecule has 0 saturated carbocycles. The van der Waals surface area contributed by atoms with Gasteiger partial charge >= 0.3 is 16.0 Å². The Hall–Kier alpha value is -2.72. The number of fused-ring (bicyclic) bond motifs is 1. The number of carboxylic acid groups (broad SMARTS) is 1. The number of anilines is 1. The van der Waals surface area contributed by atoms with Gasteiger partial charge in [0.15, 0.2) is 0 Å². The first-order valence-corrected chi connectivity index (χ1v) is 9.71. The second-order valence-electron chi connectivity index (χ2n) is 6.04. The van der Waals surface area contributed by atoms with Crippen molar-refractivity contribution in [1.82, 2.24) is 19.6 Å². The van der Waals surface area contributed by atoms with E-state index >= 15 is 0 Å². The molecule has 2 aromatic heterocycles. The van der Waals surface area contributed by atoms with Crippen LogP contribution >= 0.6 is 11.6 Å². The molecule has 0 radical (unpaired) electrons. The molecule has 0 aliphatic rings. The van der Waals surface area contributed by atoms with Crippen molar-refractivity contribution in [3.8, 4) is 0 Å². The molecule has 0 saturated heterocycles. The fourth-order valence-electron chi connectivity index (χ4n) is 2.61. The maximum Gasteiger partial charge on any atom is 0.337 e. The van der Waals surface area contributed by atoms with E-state index in [4.69, 9.17) is 11.6 Å². The Labute approximate surface area is 160 Å². The average molecular weight is 410 g/mol. The SMILES string of the molecule is Cc1ccn2nc(S(=O)(=O)N(c3c(Cl)cccc3C(=O)O)C(C)C)nc2n1. The molecule has 0 fully saturated rings. The van der Waals surface area contributed by atoms with E-state index < -0.39 is 27.2 Å². The van der Waals surface area contributed by atoms with E-state index in [0.29, 0.717) is 5.69 Å². The Bertz CT molecular complexity index is 1140. The van der Waals surface area contributed by atoms with Crippen molar-refractivity contribution in [2.45, 2.75) is 32.0 Å². The number of carbonyl (C=O) groups is 1. The van der Waals surface area contributed by atoms with Crippen LogP contribution in [0.1, 0.15) is 29.9 Å². The number of hydrogen-bond acceptors (Lipinski definition) is 6. The number of aromatic nitrogens is 4. The van der Waals surface area contributed by atoms with E-state index in [1.54, 1.807) is 33.0 Å². The standard InChI is InChI=1S/C16H16ClN5O4S/c1-9(2)22(13-11(14(23)24)5-4-6-12(13)17)27(25,26)16-19-15-18-10(3)7-8-21(15)20-16/h4-9H,1-3H3,(H,23,24). The number of para-hydroxylation sites is 1. The molecule has 0 spiro atoms. The summed E-state index contributed by atoms with van der Waals surface area (Å²) in [4.78, 5) is 19.8. The number of rotatable bonds is 5. The molecule has 142 valence electrons. The first-order chi connectivity index (χ1) is 12.6. The van der Waals surface area contributed by atoms with Crippen molar-refractivity contribution in [3.63, 3.8) is 0 Å². The molecular formula is C16H16ClN5O4S. The summed E-state index contributed by atoms with van der Waals surface area (Å²) >= 11 is 6.18. The number of aryl methyl sites for hydroxylation is 1. The summed E-state index contributed by atoms with van der Waals surface area (Å²) in [5, 5.41) is 13.0. The summed E-state index contributed by atoms with van der Waals surface area (Å²) in [5.74, 6) is -1.18. The minimum atomic E-state index is -4.30. The topological polar surface area (TPSA) is 118 Å².